The minimum absolute atomic E-state index is 0.0955. The molecule has 0 heterocycles. The van der Waals surface area contributed by atoms with Crippen molar-refractivity contribution in [2.45, 2.75) is 12.3 Å². The fourth-order valence-electron chi connectivity index (χ4n) is 0.920. The third kappa shape index (κ3) is 2.36. The zero-order valence-electron chi connectivity index (χ0n) is 6.92. The molecule has 0 aromatic heterocycles. The lowest BCUT2D eigenvalue weighted by Crippen LogP contribution is -2.10. The molecule has 0 aliphatic heterocycles. The maximum absolute atomic E-state index is 11.4. The van der Waals surface area contributed by atoms with E-state index in [2.05, 4.69) is 0 Å². The van der Waals surface area contributed by atoms with Crippen LogP contribution in [0.5, 0.6) is 5.75 Å². The van der Waals surface area contributed by atoms with Crippen molar-refractivity contribution in [1.82, 2.24) is 0 Å². The van der Waals surface area contributed by atoms with Gasteiger partial charge in [-0.1, -0.05) is 11.6 Å². The van der Waals surface area contributed by atoms with Crippen LogP contribution in [0.3, 0.4) is 0 Å². The van der Waals surface area contributed by atoms with Gasteiger partial charge in [-0.3, -0.25) is 4.79 Å². The monoisotopic (exact) mass is 218 g/mol. The minimum atomic E-state index is -0.663. The molecular weight excluding hydrogens is 211 g/mol. The number of phenolic OH excluding ortho intramolecular Hbond substituents is 1. The van der Waals surface area contributed by atoms with E-state index >= 15 is 0 Å². The van der Waals surface area contributed by atoms with E-state index in [-0.39, 0.29) is 17.1 Å². The lowest BCUT2D eigenvalue weighted by atomic mass is 10.1. The van der Waals surface area contributed by atoms with Gasteiger partial charge in [0.2, 0.25) is 0 Å². The van der Waals surface area contributed by atoms with Crippen molar-refractivity contribution in [3.05, 3.63) is 28.8 Å². The number of hydrogen-bond acceptors (Lipinski definition) is 2. The van der Waals surface area contributed by atoms with Gasteiger partial charge in [0.25, 0.3) is 0 Å². The standard InChI is InChI=1S/C9H8Cl2O2/c1-5(10)9(13)7-4-6(11)2-3-8(7)12/h2-5,12H,1H3. The second-order valence-electron chi connectivity index (χ2n) is 2.64. The van der Waals surface area contributed by atoms with Crippen LogP contribution >= 0.6 is 23.2 Å². The number of halogens is 2. The molecule has 4 heteroatoms. The van der Waals surface area contributed by atoms with Crippen LogP contribution in [0.25, 0.3) is 0 Å². The Morgan fingerprint density at radius 1 is 1.54 bits per heavy atom. The van der Waals surface area contributed by atoms with Crippen LogP contribution in [-0.2, 0) is 0 Å². The van der Waals surface area contributed by atoms with Crippen LogP contribution in [0.4, 0.5) is 0 Å². The maximum Gasteiger partial charge on any atom is 0.184 e. The van der Waals surface area contributed by atoms with Gasteiger partial charge in [0, 0.05) is 5.02 Å². The second-order valence-corrected chi connectivity index (χ2v) is 3.73. The minimum Gasteiger partial charge on any atom is -0.507 e. The molecule has 0 radical (unpaired) electrons. The Hall–Kier alpha value is -0.730. The van der Waals surface area contributed by atoms with E-state index in [9.17, 15) is 9.90 Å². The van der Waals surface area contributed by atoms with Gasteiger partial charge in [-0.15, -0.1) is 11.6 Å². The second kappa shape index (κ2) is 3.99. The summed E-state index contributed by atoms with van der Waals surface area (Å²) in [6.45, 7) is 1.55. The molecule has 0 bridgehead atoms. The molecule has 0 fully saturated rings. The van der Waals surface area contributed by atoms with Crippen molar-refractivity contribution in [3.63, 3.8) is 0 Å². The molecule has 2 nitrogen and oxygen atoms in total. The molecule has 0 saturated carbocycles. The fourth-order valence-corrected chi connectivity index (χ4v) is 1.21. The molecule has 1 aromatic carbocycles. The van der Waals surface area contributed by atoms with Crippen LogP contribution < -0.4 is 0 Å². The quantitative estimate of drug-likeness (QED) is 0.613. The molecule has 1 aromatic rings. The van der Waals surface area contributed by atoms with E-state index in [0.29, 0.717) is 5.02 Å². The summed E-state index contributed by atoms with van der Waals surface area (Å²) in [5, 5.41) is 9.05. The number of carbonyl (C=O) groups is 1. The number of aromatic hydroxyl groups is 1. The molecule has 0 aliphatic rings. The molecule has 0 aliphatic carbocycles. The van der Waals surface area contributed by atoms with Gasteiger partial charge in [0.05, 0.1) is 10.9 Å². The van der Waals surface area contributed by atoms with Gasteiger partial charge in [-0.2, -0.15) is 0 Å². The molecule has 1 atom stereocenters. The molecular formula is C9H8Cl2O2. The lowest BCUT2D eigenvalue weighted by molar-refractivity contribution is 0.0989. The van der Waals surface area contributed by atoms with E-state index < -0.39 is 5.38 Å². The lowest BCUT2D eigenvalue weighted by Gasteiger charge is -2.05. The van der Waals surface area contributed by atoms with E-state index in [0.717, 1.165) is 0 Å². The average molecular weight is 219 g/mol. The summed E-state index contributed by atoms with van der Waals surface area (Å²) < 4.78 is 0. The highest BCUT2D eigenvalue weighted by Crippen LogP contribution is 2.23. The number of benzene rings is 1. The first-order valence-electron chi connectivity index (χ1n) is 3.69. The third-order valence-electron chi connectivity index (χ3n) is 1.59. The Kier molecular flexibility index (Phi) is 3.17. The number of ketones is 1. The Labute approximate surface area is 86.1 Å². The number of rotatable bonds is 2. The van der Waals surface area contributed by atoms with Gasteiger partial charge < -0.3 is 5.11 Å². The van der Waals surface area contributed by atoms with Gasteiger partial charge in [0.1, 0.15) is 5.75 Å². The average Bonchev–Trinajstić information content (AvgIpc) is 2.08. The first-order valence-corrected chi connectivity index (χ1v) is 4.50. The molecule has 1 unspecified atom stereocenters. The third-order valence-corrected chi connectivity index (χ3v) is 2.02. The summed E-state index contributed by atoms with van der Waals surface area (Å²) >= 11 is 11.2. The zero-order valence-corrected chi connectivity index (χ0v) is 8.43. The molecule has 0 spiro atoms. The number of alkyl halides is 1. The molecule has 13 heavy (non-hydrogen) atoms. The molecule has 1 N–H and O–H groups in total. The van der Waals surface area contributed by atoms with Crippen LogP contribution in [-0.4, -0.2) is 16.3 Å². The predicted octanol–water partition coefficient (Wildman–Crippen LogP) is 2.86. The highest BCUT2D eigenvalue weighted by Gasteiger charge is 2.16. The molecule has 0 saturated heterocycles. The topological polar surface area (TPSA) is 37.3 Å². The number of hydrogen-bond donors (Lipinski definition) is 1. The van der Waals surface area contributed by atoms with Crippen molar-refractivity contribution >= 4 is 29.0 Å². The molecule has 0 amide bonds. The zero-order chi connectivity index (χ0) is 10.0. The van der Waals surface area contributed by atoms with E-state index in [4.69, 9.17) is 23.2 Å². The molecule has 70 valence electrons. The summed E-state index contributed by atoms with van der Waals surface area (Å²) in [4.78, 5) is 11.4. The summed E-state index contributed by atoms with van der Waals surface area (Å²) in [6.07, 6.45) is 0. The summed E-state index contributed by atoms with van der Waals surface area (Å²) in [5.74, 6) is -0.427. The van der Waals surface area contributed by atoms with Crippen molar-refractivity contribution in [2.75, 3.05) is 0 Å². The summed E-state index contributed by atoms with van der Waals surface area (Å²) in [6, 6.07) is 4.28. The summed E-state index contributed by atoms with van der Waals surface area (Å²) in [5.41, 5.74) is 0.162. The van der Waals surface area contributed by atoms with Crippen LogP contribution in [0, 0.1) is 0 Å². The van der Waals surface area contributed by atoms with Crippen molar-refractivity contribution < 1.29 is 9.90 Å². The van der Waals surface area contributed by atoms with Crippen molar-refractivity contribution in [3.8, 4) is 5.75 Å². The van der Waals surface area contributed by atoms with Gasteiger partial charge in [-0.25, -0.2) is 0 Å². The first kappa shape index (κ1) is 10.4. The highest BCUT2D eigenvalue weighted by atomic mass is 35.5. The van der Waals surface area contributed by atoms with Crippen molar-refractivity contribution in [1.29, 1.82) is 0 Å². The van der Waals surface area contributed by atoms with E-state index in [1.165, 1.54) is 18.2 Å². The maximum atomic E-state index is 11.4. The first-order chi connectivity index (χ1) is 6.02. The van der Waals surface area contributed by atoms with Crippen LogP contribution in [0.2, 0.25) is 5.02 Å². The van der Waals surface area contributed by atoms with Gasteiger partial charge >= 0.3 is 0 Å². The summed E-state index contributed by atoms with van der Waals surface area (Å²) in [7, 11) is 0. The Morgan fingerprint density at radius 3 is 2.69 bits per heavy atom. The van der Waals surface area contributed by atoms with E-state index in [1.807, 2.05) is 0 Å². The number of carbonyl (C=O) groups excluding carboxylic acids is 1. The van der Waals surface area contributed by atoms with Crippen LogP contribution in [0.1, 0.15) is 17.3 Å². The van der Waals surface area contributed by atoms with E-state index in [1.54, 1.807) is 6.92 Å². The largest absolute Gasteiger partial charge is 0.507 e. The highest BCUT2D eigenvalue weighted by molar-refractivity contribution is 6.35. The number of Topliss-reactive ketones (excluding diaryl/α,β-unsaturated/α-hetero) is 1. The van der Waals surface area contributed by atoms with Gasteiger partial charge in [0.15, 0.2) is 5.78 Å². The fraction of sp³-hybridized carbons (Fsp3) is 0.222. The normalized spacial score (nSPS) is 12.5. The smallest absolute Gasteiger partial charge is 0.184 e. The molecule has 1 rings (SSSR count). The van der Waals surface area contributed by atoms with Gasteiger partial charge in [-0.05, 0) is 25.1 Å². The SMILES string of the molecule is CC(Cl)C(=O)c1cc(Cl)ccc1O. The number of phenols is 1. The van der Waals surface area contributed by atoms with Crippen LogP contribution in [0.15, 0.2) is 18.2 Å². The Balaban J connectivity index is 3.13. The Morgan fingerprint density at radius 2 is 2.15 bits per heavy atom. The Bertz CT molecular complexity index is 334. The van der Waals surface area contributed by atoms with Crippen molar-refractivity contribution in [2.24, 2.45) is 0 Å². The predicted molar refractivity (Wildman–Crippen MR) is 52.8 cm³/mol.